The van der Waals surface area contributed by atoms with Crippen molar-refractivity contribution in [1.29, 1.82) is 0 Å². The maximum Gasteiger partial charge on any atom is 0.253 e. The second kappa shape index (κ2) is 4.41. The summed E-state index contributed by atoms with van der Waals surface area (Å²) in [6.07, 6.45) is 4.19. The average molecular weight is 240 g/mol. The van der Waals surface area contributed by atoms with E-state index in [2.05, 4.69) is 17.2 Å². The number of nitrogens with zero attached hydrogens (tertiary/aromatic N) is 1. The van der Waals surface area contributed by atoms with Crippen LogP contribution in [0.3, 0.4) is 0 Å². The van der Waals surface area contributed by atoms with Crippen LogP contribution in [0.25, 0.3) is 10.9 Å². The zero-order chi connectivity index (χ0) is 12.5. The number of fused-ring (bicyclic) bond motifs is 1. The smallest absolute Gasteiger partial charge is 0.253 e. The number of carbonyl (C=O) groups is 1. The first-order valence-corrected chi connectivity index (χ1v) is 6.40. The third kappa shape index (κ3) is 2.08. The fourth-order valence-corrected chi connectivity index (χ4v) is 2.29. The van der Waals surface area contributed by atoms with Crippen LogP contribution in [0.15, 0.2) is 36.5 Å². The third-order valence-electron chi connectivity index (χ3n) is 3.57. The molecule has 1 unspecified atom stereocenters. The lowest BCUT2D eigenvalue weighted by atomic mass is 10.1. The predicted molar refractivity (Wildman–Crippen MR) is 71.4 cm³/mol. The molecule has 0 aliphatic heterocycles. The molecular formula is C15H16N2O. The summed E-state index contributed by atoms with van der Waals surface area (Å²) in [7, 11) is 0. The van der Waals surface area contributed by atoms with E-state index < -0.39 is 0 Å². The van der Waals surface area contributed by atoms with E-state index in [9.17, 15) is 4.79 Å². The Morgan fingerprint density at radius 3 is 2.89 bits per heavy atom. The zero-order valence-corrected chi connectivity index (χ0v) is 10.4. The SMILES string of the molecule is CC(NC(=O)c1cccc2cccnc12)C1CC1. The molecule has 1 N–H and O–H groups in total. The molecule has 1 aliphatic rings. The van der Waals surface area contributed by atoms with Crippen molar-refractivity contribution in [1.82, 2.24) is 10.3 Å². The first kappa shape index (κ1) is 11.2. The number of nitrogens with one attached hydrogen (secondary N) is 1. The Morgan fingerprint density at radius 2 is 2.11 bits per heavy atom. The molecule has 1 saturated carbocycles. The quantitative estimate of drug-likeness (QED) is 0.896. The Morgan fingerprint density at radius 1 is 1.33 bits per heavy atom. The highest BCUT2D eigenvalue weighted by molar-refractivity contribution is 6.05. The van der Waals surface area contributed by atoms with Gasteiger partial charge in [0.05, 0.1) is 11.1 Å². The minimum atomic E-state index is -0.0151. The Bertz CT molecular complexity index is 585. The van der Waals surface area contributed by atoms with E-state index in [0.717, 1.165) is 10.9 Å². The van der Waals surface area contributed by atoms with E-state index in [1.54, 1.807) is 6.20 Å². The normalized spacial score (nSPS) is 16.5. The third-order valence-corrected chi connectivity index (χ3v) is 3.57. The molecule has 1 atom stereocenters. The largest absolute Gasteiger partial charge is 0.349 e. The summed E-state index contributed by atoms with van der Waals surface area (Å²) in [6.45, 7) is 2.08. The van der Waals surface area contributed by atoms with Crippen molar-refractivity contribution < 1.29 is 4.79 Å². The van der Waals surface area contributed by atoms with Crippen LogP contribution < -0.4 is 5.32 Å². The average Bonchev–Trinajstić information content (AvgIpc) is 3.22. The van der Waals surface area contributed by atoms with Gasteiger partial charge in [-0.3, -0.25) is 9.78 Å². The van der Waals surface area contributed by atoms with Crippen LogP contribution >= 0.6 is 0 Å². The summed E-state index contributed by atoms with van der Waals surface area (Å²) in [6, 6.07) is 9.84. The molecule has 18 heavy (non-hydrogen) atoms. The standard InChI is InChI=1S/C15H16N2O/c1-10(11-7-8-11)17-15(18)13-6-2-4-12-5-3-9-16-14(12)13/h2-6,9-11H,7-8H2,1H3,(H,17,18). The van der Waals surface area contributed by atoms with Crippen LogP contribution in [0.1, 0.15) is 30.1 Å². The zero-order valence-electron chi connectivity index (χ0n) is 10.4. The van der Waals surface area contributed by atoms with Crippen molar-refractivity contribution in [2.75, 3.05) is 0 Å². The predicted octanol–water partition coefficient (Wildman–Crippen LogP) is 2.76. The van der Waals surface area contributed by atoms with Crippen molar-refractivity contribution >= 4 is 16.8 Å². The number of aromatic nitrogens is 1. The molecule has 1 aromatic carbocycles. The van der Waals surface area contributed by atoms with Gasteiger partial charge in [-0.15, -0.1) is 0 Å². The molecule has 2 aromatic rings. The first-order valence-electron chi connectivity index (χ1n) is 6.40. The molecule has 3 rings (SSSR count). The molecule has 3 heteroatoms. The molecule has 0 radical (unpaired) electrons. The molecule has 3 nitrogen and oxygen atoms in total. The molecular weight excluding hydrogens is 224 g/mol. The van der Waals surface area contributed by atoms with Crippen molar-refractivity contribution in [2.45, 2.75) is 25.8 Å². The Kier molecular flexibility index (Phi) is 2.74. The number of amides is 1. The van der Waals surface area contributed by atoms with Gasteiger partial charge in [-0.25, -0.2) is 0 Å². The number of para-hydroxylation sites is 1. The molecule has 1 fully saturated rings. The number of hydrogen-bond donors (Lipinski definition) is 1. The number of rotatable bonds is 3. The minimum absolute atomic E-state index is 0.0151. The van der Waals surface area contributed by atoms with Gasteiger partial charge >= 0.3 is 0 Å². The molecule has 1 heterocycles. The molecule has 1 aromatic heterocycles. The fourth-order valence-electron chi connectivity index (χ4n) is 2.29. The Balaban J connectivity index is 1.90. The van der Waals surface area contributed by atoms with E-state index in [0.29, 0.717) is 11.5 Å². The van der Waals surface area contributed by atoms with E-state index in [1.165, 1.54) is 12.8 Å². The van der Waals surface area contributed by atoms with Crippen molar-refractivity contribution in [3.63, 3.8) is 0 Å². The fraction of sp³-hybridized carbons (Fsp3) is 0.333. The number of carbonyl (C=O) groups excluding carboxylic acids is 1. The molecule has 0 bridgehead atoms. The monoisotopic (exact) mass is 240 g/mol. The lowest BCUT2D eigenvalue weighted by molar-refractivity contribution is 0.0937. The minimum Gasteiger partial charge on any atom is -0.349 e. The van der Waals surface area contributed by atoms with Gasteiger partial charge in [0, 0.05) is 17.6 Å². The number of pyridine rings is 1. The van der Waals surface area contributed by atoms with Gasteiger partial charge < -0.3 is 5.32 Å². The van der Waals surface area contributed by atoms with Crippen LogP contribution in [0.4, 0.5) is 0 Å². The molecule has 0 spiro atoms. The first-order chi connectivity index (χ1) is 8.75. The van der Waals surface area contributed by atoms with Crippen molar-refractivity contribution in [3.8, 4) is 0 Å². The summed E-state index contributed by atoms with van der Waals surface area (Å²) in [5, 5.41) is 4.08. The maximum absolute atomic E-state index is 12.3. The Labute approximate surface area is 106 Å². The van der Waals surface area contributed by atoms with E-state index in [1.807, 2.05) is 30.3 Å². The molecule has 92 valence electrons. The summed E-state index contributed by atoms with van der Waals surface area (Å²) >= 11 is 0. The van der Waals surface area contributed by atoms with Crippen LogP contribution in [-0.2, 0) is 0 Å². The summed E-state index contributed by atoms with van der Waals surface area (Å²) in [5.41, 5.74) is 1.45. The van der Waals surface area contributed by atoms with Gasteiger partial charge in [-0.1, -0.05) is 18.2 Å². The van der Waals surface area contributed by atoms with Crippen LogP contribution in [0.2, 0.25) is 0 Å². The maximum atomic E-state index is 12.3. The number of benzene rings is 1. The lowest BCUT2D eigenvalue weighted by Gasteiger charge is -2.13. The number of hydrogen-bond acceptors (Lipinski definition) is 2. The molecule has 1 aliphatic carbocycles. The van der Waals surface area contributed by atoms with Crippen LogP contribution in [0, 0.1) is 5.92 Å². The Hall–Kier alpha value is -1.90. The van der Waals surface area contributed by atoms with E-state index in [4.69, 9.17) is 0 Å². The topological polar surface area (TPSA) is 42.0 Å². The van der Waals surface area contributed by atoms with Gasteiger partial charge in [0.2, 0.25) is 0 Å². The summed E-state index contributed by atoms with van der Waals surface area (Å²) in [5.74, 6) is 0.649. The summed E-state index contributed by atoms with van der Waals surface area (Å²) in [4.78, 5) is 16.6. The van der Waals surface area contributed by atoms with Gasteiger partial charge in [0.25, 0.3) is 5.91 Å². The van der Waals surface area contributed by atoms with Crippen molar-refractivity contribution in [2.24, 2.45) is 5.92 Å². The molecule has 1 amide bonds. The van der Waals surface area contributed by atoms with E-state index in [-0.39, 0.29) is 11.9 Å². The van der Waals surface area contributed by atoms with Gasteiger partial charge in [-0.05, 0) is 37.8 Å². The van der Waals surface area contributed by atoms with E-state index >= 15 is 0 Å². The van der Waals surface area contributed by atoms with Gasteiger partial charge in [0.1, 0.15) is 0 Å². The van der Waals surface area contributed by atoms with Gasteiger partial charge in [-0.2, -0.15) is 0 Å². The lowest BCUT2D eigenvalue weighted by Crippen LogP contribution is -2.34. The van der Waals surface area contributed by atoms with Crippen LogP contribution in [-0.4, -0.2) is 16.9 Å². The highest BCUT2D eigenvalue weighted by Gasteiger charge is 2.29. The molecule has 0 saturated heterocycles. The van der Waals surface area contributed by atoms with Crippen LogP contribution in [0.5, 0.6) is 0 Å². The second-order valence-corrected chi connectivity index (χ2v) is 4.98. The second-order valence-electron chi connectivity index (χ2n) is 4.98. The highest BCUT2D eigenvalue weighted by atomic mass is 16.1. The summed E-state index contributed by atoms with van der Waals surface area (Å²) < 4.78 is 0. The highest BCUT2D eigenvalue weighted by Crippen LogP contribution is 2.32. The van der Waals surface area contributed by atoms with Crippen molar-refractivity contribution in [3.05, 3.63) is 42.1 Å². The van der Waals surface area contributed by atoms with Gasteiger partial charge in [0.15, 0.2) is 0 Å².